The van der Waals surface area contributed by atoms with Crippen molar-refractivity contribution in [2.75, 3.05) is 39.6 Å². The molecule has 1 N–H and O–H groups in total. The molecule has 2 rings (SSSR count). The first-order chi connectivity index (χ1) is 7.22. The lowest BCUT2D eigenvalue weighted by molar-refractivity contribution is 0.369. The van der Waals surface area contributed by atoms with E-state index in [1.807, 2.05) is 12.1 Å². The normalized spacial score (nSPS) is 18.8. The van der Waals surface area contributed by atoms with E-state index >= 15 is 0 Å². The summed E-state index contributed by atoms with van der Waals surface area (Å²) in [5, 5.41) is 3.42. The molecule has 1 aromatic rings. The maximum absolute atomic E-state index is 5.41. The lowest BCUT2D eigenvalue weighted by Crippen LogP contribution is -2.21. The third-order valence-electron chi connectivity index (χ3n) is 2.82. The summed E-state index contributed by atoms with van der Waals surface area (Å²) in [6, 6.07) is 6.19. The van der Waals surface area contributed by atoms with Gasteiger partial charge in [0.2, 0.25) is 0 Å². The molecule has 1 unspecified atom stereocenters. The molecule has 0 spiro atoms. The monoisotopic (exact) mass is 206 g/mol. The topological polar surface area (TPSA) is 24.5 Å². The molecule has 0 radical (unpaired) electrons. The second kappa shape index (κ2) is 4.11. The van der Waals surface area contributed by atoms with Gasteiger partial charge in [0, 0.05) is 30.3 Å². The summed E-state index contributed by atoms with van der Waals surface area (Å²) in [5.41, 5.74) is 2.55. The summed E-state index contributed by atoms with van der Waals surface area (Å²) in [6.45, 7) is 2.06. The van der Waals surface area contributed by atoms with E-state index < -0.39 is 0 Å². The molecule has 1 aromatic carbocycles. The molecule has 1 atom stereocenters. The third-order valence-corrected chi connectivity index (χ3v) is 2.82. The van der Waals surface area contributed by atoms with Gasteiger partial charge in [0.05, 0.1) is 7.11 Å². The molecule has 1 aliphatic rings. The van der Waals surface area contributed by atoms with E-state index in [0.29, 0.717) is 5.92 Å². The van der Waals surface area contributed by atoms with Gasteiger partial charge in [-0.15, -0.1) is 0 Å². The maximum atomic E-state index is 5.41. The number of likely N-dealkylation sites (N-methyl/N-ethyl adjacent to an activating group) is 1. The molecule has 0 aromatic heterocycles. The van der Waals surface area contributed by atoms with Crippen molar-refractivity contribution in [1.29, 1.82) is 0 Å². The Balaban J connectivity index is 2.31. The Morgan fingerprint density at radius 1 is 1.47 bits per heavy atom. The van der Waals surface area contributed by atoms with Crippen LogP contribution in [0, 0.1) is 0 Å². The van der Waals surface area contributed by atoms with Crippen molar-refractivity contribution in [3.05, 3.63) is 23.8 Å². The smallest absolute Gasteiger partial charge is 0.124 e. The minimum Gasteiger partial charge on any atom is -0.496 e. The van der Waals surface area contributed by atoms with Crippen LogP contribution in [-0.2, 0) is 0 Å². The minimum absolute atomic E-state index is 0.533. The molecule has 1 heterocycles. The summed E-state index contributed by atoms with van der Waals surface area (Å²) in [5.74, 6) is 1.54. The van der Waals surface area contributed by atoms with Crippen molar-refractivity contribution in [3.8, 4) is 5.75 Å². The highest BCUT2D eigenvalue weighted by atomic mass is 16.5. The number of hydrogen-bond donors (Lipinski definition) is 1. The molecular formula is C12H18N2O. The van der Waals surface area contributed by atoms with Crippen LogP contribution in [0.5, 0.6) is 5.75 Å². The Morgan fingerprint density at radius 2 is 2.27 bits per heavy atom. The van der Waals surface area contributed by atoms with E-state index in [1.54, 1.807) is 7.11 Å². The predicted octanol–water partition coefficient (Wildman–Crippen LogP) is 1.77. The molecule has 0 amide bonds. The first kappa shape index (κ1) is 10.3. The van der Waals surface area contributed by atoms with Crippen LogP contribution in [0.25, 0.3) is 0 Å². The van der Waals surface area contributed by atoms with Gasteiger partial charge in [0.15, 0.2) is 0 Å². The largest absolute Gasteiger partial charge is 0.496 e. The van der Waals surface area contributed by atoms with Gasteiger partial charge >= 0.3 is 0 Å². The van der Waals surface area contributed by atoms with Crippen LogP contribution < -0.4 is 10.1 Å². The fourth-order valence-electron chi connectivity index (χ4n) is 2.23. The minimum atomic E-state index is 0.533. The van der Waals surface area contributed by atoms with Crippen LogP contribution in [0.3, 0.4) is 0 Å². The van der Waals surface area contributed by atoms with Crippen molar-refractivity contribution in [2.24, 2.45) is 0 Å². The number of ether oxygens (including phenoxy) is 1. The van der Waals surface area contributed by atoms with Gasteiger partial charge in [-0.1, -0.05) is 6.07 Å². The Bertz CT molecular complexity index is 349. The number of methoxy groups -OCH3 is 1. The molecule has 0 saturated carbocycles. The first-order valence-corrected chi connectivity index (χ1v) is 5.28. The highest BCUT2D eigenvalue weighted by molar-refractivity contribution is 5.63. The van der Waals surface area contributed by atoms with E-state index in [2.05, 4.69) is 30.4 Å². The molecule has 0 bridgehead atoms. The van der Waals surface area contributed by atoms with E-state index in [-0.39, 0.29) is 0 Å². The second-order valence-corrected chi connectivity index (χ2v) is 4.26. The number of nitrogens with one attached hydrogen (secondary N) is 1. The van der Waals surface area contributed by atoms with Crippen LogP contribution in [0.4, 0.5) is 5.69 Å². The van der Waals surface area contributed by atoms with Crippen LogP contribution in [0.15, 0.2) is 18.2 Å². The van der Waals surface area contributed by atoms with E-state index in [9.17, 15) is 0 Å². The highest BCUT2D eigenvalue weighted by Crippen LogP contribution is 2.38. The van der Waals surface area contributed by atoms with Gasteiger partial charge < -0.3 is 15.0 Å². The molecule has 0 fully saturated rings. The van der Waals surface area contributed by atoms with E-state index in [1.165, 1.54) is 11.3 Å². The van der Waals surface area contributed by atoms with Crippen molar-refractivity contribution < 1.29 is 4.74 Å². The lowest BCUT2D eigenvalue weighted by Gasteiger charge is -2.17. The predicted molar refractivity (Wildman–Crippen MR) is 62.8 cm³/mol. The van der Waals surface area contributed by atoms with Crippen LogP contribution >= 0.6 is 0 Å². The molecule has 3 nitrogen and oxygen atoms in total. The Morgan fingerprint density at radius 3 is 2.93 bits per heavy atom. The zero-order valence-electron chi connectivity index (χ0n) is 9.58. The summed E-state index contributed by atoms with van der Waals surface area (Å²) in [6.07, 6.45) is 0. The fourth-order valence-corrected chi connectivity index (χ4v) is 2.23. The SMILES string of the molecule is COc1cccc2c1C(CN(C)C)CN2. The Kier molecular flexibility index (Phi) is 2.82. The van der Waals surface area contributed by atoms with Gasteiger partial charge in [-0.25, -0.2) is 0 Å². The van der Waals surface area contributed by atoms with Gasteiger partial charge in [0.1, 0.15) is 5.75 Å². The van der Waals surface area contributed by atoms with Crippen molar-refractivity contribution in [1.82, 2.24) is 4.90 Å². The third kappa shape index (κ3) is 1.92. The van der Waals surface area contributed by atoms with Crippen LogP contribution in [-0.4, -0.2) is 39.2 Å². The number of anilines is 1. The molecular weight excluding hydrogens is 188 g/mol. The zero-order valence-corrected chi connectivity index (χ0v) is 9.58. The first-order valence-electron chi connectivity index (χ1n) is 5.28. The van der Waals surface area contributed by atoms with Crippen LogP contribution in [0.2, 0.25) is 0 Å². The quantitative estimate of drug-likeness (QED) is 0.815. The van der Waals surface area contributed by atoms with Gasteiger partial charge in [-0.05, 0) is 26.2 Å². The van der Waals surface area contributed by atoms with Crippen molar-refractivity contribution >= 4 is 5.69 Å². The van der Waals surface area contributed by atoms with Gasteiger partial charge in [-0.3, -0.25) is 0 Å². The maximum Gasteiger partial charge on any atom is 0.124 e. The number of benzene rings is 1. The number of hydrogen-bond acceptors (Lipinski definition) is 3. The van der Waals surface area contributed by atoms with Crippen molar-refractivity contribution in [3.63, 3.8) is 0 Å². The zero-order chi connectivity index (χ0) is 10.8. The summed E-state index contributed by atoms with van der Waals surface area (Å²) in [4.78, 5) is 2.22. The van der Waals surface area contributed by atoms with Crippen LogP contribution in [0.1, 0.15) is 11.5 Å². The van der Waals surface area contributed by atoms with Gasteiger partial charge in [-0.2, -0.15) is 0 Å². The summed E-state index contributed by atoms with van der Waals surface area (Å²) in [7, 11) is 5.95. The standard InChI is InChI=1S/C12H18N2O/c1-14(2)8-9-7-13-10-5-4-6-11(15-3)12(9)10/h4-6,9,13H,7-8H2,1-3H3. The molecule has 82 valence electrons. The molecule has 0 aliphatic carbocycles. The van der Waals surface area contributed by atoms with Gasteiger partial charge in [0.25, 0.3) is 0 Å². The highest BCUT2D eigenvalue weighted by Gasteiger charge is 2.25. The van der Waals surface area contributed by atoms with E-state index in [4.69, 9.17) is 4.74 Å². The summed E-state index contributed by atoms with van der Waals surface area (Å²) >= 11 is 0. The average molecular weight is 206 g/mol. The second-order valence-electron chi connectivity index (χ2n) is 4.26. The average Bonchev–Trinajstić information content (AvgIpc) is 2.61. The Labute approximate surface area is 91.0 Å². The molecule has 3 heteroatoms. The van der Waals surface area contributed by atoms with Crippen molar-refractivity contribution in [2.45, 2.75) is 5.92 Å². The number of rotatable bonds is 3. The molecule has 0 saturated heterocycles. The molecule has 1 aliphatic heterocycles. The number of nitrogens with zero attached hydrogens (tertiary/aromatic N) is 1. The summed E-state index contributed by atoms with van der Waals surface area (Å²) < 4.78 is 5.41. The number of fused-ring (bicyclic) bond motifs is 1. The lowest BCUT2D eigenvalue weighted by atomic mass is 10.00. The van der Waals surface area contributed by atoms with E-state index in [0.717, 1.165) is 18.8 Å². The fraction of sp³-hybridized carbons (Fsp3) is 0.500. The Hall–Kier alpha value is -1.22. The molecule has 15 heavy (non-hydrogen) atoms.